The van der Waals surface area contributed by atoms with E-state index >= 15 is 0 Å². The molecule has 3 N–H and O–H groups in total. The highest BCUT2D eigenvalue weighted by Gasteiger charge is 2.13. The summed E-state index contributed by atoms with van der Waals surface area (Å²) in [4.78, 5) is 40.3. The molecule has 4 aromatic rings. The van der Waals surface area contributed by atoms with E-state index in [4.69, 9.17) is 5.73 Å². The molecule has 0 aliphatic carbocycles. The molecule has 2 heterocycles. The van der Waals surface area contributed by atoms with Crippen LogP contribution in [0.3, 0.4) is 0 Å². The van der Waals surface area contributed by atoms with Crippen LogP contribution in [-0.2, 0) is 11.3 Å². The van der Waals surface area contributed by atoms with Crippen LogP contribution in [-0.4, -0.2) is 31.1 Å². The Morgan fingerprint density at radius 2 is 1.77 bits per heavy atom. The van der Waals surface area contributed by atoms with Gasteiger partial charge in [0, 0.05) is 11.3 Å². The number of carbonyl (C=O) groups is 2. The predicted octanol–water partition coefficient (Wildman–Crippen LogP) is 1.46. The molecule has 150 valence electrons. The first-order valence-corrected chi connectivity index (χ1v) is 8.81. The minimum Gasteiger partial charge on any atom is -0.366 e. The number of anilines is 1. The first-order valence-electron chi connectivity index (χ1n) is 8.81. The number of nitrogens with one attached hydrogen (secondary N) is 1. The second-order valence-electron chi connectivity index (χ2n) is 6.44. The number of carbonyl (C=O) groups excluding carboxylic acids is 2. The molecule has 0 aliphatic rings. The van der Waals surface area contributed by atoms with Gasteiger partial charge in [0.1, 0.15) is 24.1 Å². The van der Waals surface area contributed by atoms with Crippen LogP contribution in [0.2, 0.25) is 0 Å². The van der Waals surface area contributed by atoms with Gasteiger partial charge >= 0.3 is 0 Å². The van der Waals surface area contributed by atoms with Crippen LogP contribution in [0.5, 0.6) is 0 Å². The molecule has 0 spiro atoms. The topological polar surface area (TPSA) is 125 Å². The summed E-state index contributed by atoms with van der Waals surface area (Å²) in [5.41, 5.74) is 6.36. The molecule has 2 aromatic heterocycles. The van der Waals surface area contributed by atoms with Gasteiger partial charge in [0.05, 0.1) is 11.9 Å². The van der Waals surface area contributed by atoms with E-state index in [0.29, 0.717) is 22.6 Å². The Kier molecular flexibility index (Phi) is 4.80. The fourth-order valence-corrected chi connectivity index (χ4v) is 2.91. The minimum absolute atomic E-state index is 0.223. The van der Waals surface area contributed by atoms with Crippen LogP contribution in [0.15, 0.2) is 65.8 Å². The number of amides is 2. The number of rotatable bonds is 5. The molecule has 0 atom stereocenters. The van der Waals surface area contributed by atoms with Crippen LogP contribution in [0.4, 0.5) is 10.1 Å². The summed E-state index contributed by atoms with van der Waals surface area (Å²) in [7, 11) is 0. The van der Waals surface area contributed by atoms with E-state index in [1.54, 1.807) is 0 Å². The number of benzene rings is 2. The van der Waals surface area contributed by atoms with Gasteiger partial charge in [-0.25, -0.2) is 14.1 Å². The molecule has 0 fully saturated rings. The average Bonchev–Trinajstić information content (AvgIpc) is 3.16. The van der Waals surface area contributed by atoms with Crippen molar-refractivity contribution in [1.29, 1.82) is 0 Å². The quantitative estimate of drug-likeness (QED) is 0.519. The number of halogens is 1. The third-order valence-electron chi connectivity index (χ3n) is 4.39. The van der Waals surface area contributed by atoms with E-state index in [1.807, 2.05) is 0 Å². The van der Waals surface area contributed by atoms with Crippen molar-refractivity contribution >= 4 is 28.5 Å². The molecule has 0 unspecified atom stereocenters. The van der Waals surface area contributed by atoms with Crippen molar-refractivity contribution in [2.75, 3.05) is 5.32 Å². The second kappa shape index (κ2) is 7.59. The molecular formula is C20H15FN6O3. The molecule has 9 nitrogen and oxygen atoms in total. The highest BCUT2D eigenvalue weighted by atomic mass is 19.1. The number of hydrogen-bond acceptors (Lipinski definition) is 5. The maximum Gasteiger partial charge on any atom is 0.264 e. The van der Waals surface area contributed by atoms with E-state index in [0.717, 1.165) is 4.57 Å². The average molecular weight is 406 g/mol. The Hall–Kier alpha value is -4.34. The van der Waals surface area contributed by atoms with Gasteiger partial charge in [-0.15, -0.1) is 0 Å². The first-order chi connectivity index (χ1) is 14.4. The highest BCUT2D eigenvalue weighted by Crippen LogP contribution is 2.14. The summed E-state index contributed by atoms with van der Waals surface area (Å²) >= 11 is 0. The van der Waals surface area contributed by atoms with Crippen molar-refractivity contribution in [3.8, 4) is 5.69 Å². The van der Waals surface area contributed by atoms with E-state index in [2.05, 4.69) is 15.4 Å². The zero-order chi connectivity index (χ0) is 21.3. The van der Waals surface area contributed by atoms with Crippen molar-refractivity contribution in [1.82, 2.24) is 19.3 Å². The molecule has 0 radical (unpaired) electrons. The lowest BCUT2D eigenvalue weighted by molar-refractivity contribution is -0.116. The molecule has 0 saturated carbocycles. The van der Waals surface area contributed by atoms with Crippen LogP contribution in [0.25, 0.3) is 16.7 Å². The van der Waals surface area contributed by atoms with Crippen molar-refractivity contribution in [2.24, 2.45) is 5.73 Å². The van der Waals surface area contributed by atoms with Gasteiger partial charge in [-0.1, -0.05) is 0 Å². The van der Waals surface area contributed by atoms with Gasteiger partial charge in [0.15, 0.2) is 5.65 Å². The van der Waals surface area contributed by atoms with Crippen molar-refractivity contribution < 1.29 is 14.0 Å². The molecule has 0 aliphatic heterocycles. The van der Waals surface area contributed by atoms with Gasteiger partial charge in [0.25, 0.3) is 5.56 Å². The smallest absolute Gasteiger partial charge is 0.264 e. The number of aromatic nitrogens is 4. The summed E-state index contributed by atoms with van der Waals surface area (Å²) in [5.74, 6) is -1.41. The maximum atomic E-state index is 13.1. The van der Waals surface area contributed by atoms with Crippen LogP contribution in [0.1, 0.15) is 10.4 Å². The van der Waals surface area contributed by atoms with E-state index < -0.39 is 17.4 Å². The lowest BCUT2D eigenvalue weighted by Gasteiger charge is -2.08. The lowest BCUT2D eigenvalue weighted by Crippen LogP contribution is -2.27. The molecule has 0 saturated heterocycles. The number of primary amides is 1. The number of fused-ring (bicyclic) bond motifs is 1. The Morgan fingerprint density at radius 1 is 1.07 bits per heavy atom. The summed E-state index contributed by atoms with van der Waals surface area (Å²) < 4.78 is 15.7. The fourth-order valence-electron chi connectivity index (χ4n) is 2.91. The molecule has 4 rings (SSSR count). The Morgan fingerprint density at radius 3 is 2.43 bits per heavy atom. The van der Waals surface area contributed by atoms with Crippen LogP contribution in [0, 0.1) is 5.82 Å². The van der Waals surface area contributed by atoms with E-state index in [9.17, 15) is 18.8 Å². The van der Waals surface area contributed by atoms with Gasteiger partial charge in [-0.2, -0.15) is 5.10 Å². The summed E-state index contributed by atoms with van der Waals surface area (Å²) in [6, 6.07) is 11.7. The van der Waals surface area contributed by atoms with Crippen LogP contribution < -0.4 is 16.6 Å². The minimum atomic E-state index is -0.569. The number of nitrogens with two attached hydrogens (primary N) is 1. The Balaban J connectivity index is 1.55. The number of hydrogen-bond donors (Lipinski definition) is 2. The SMILES string of the molecule is NC(=O)c1ccc(NC(=O)Cn2cnc3c(cnn3-c3ccc(F)cc3)c2=O)cc1. The molecular weight excluding hydrogens is 391 g/mol. The lowest BCUT2D eigenvalue weighted by atomic mass is 10.2. The maximum absolute atomic E-state index is 13.1. The third-order valence-corrected chi connectivity index (χ3v) is 4.39. The Bertz CT molecular complexity index is 1310. The third kappa shape index (κ3) is 3.65. The summed E-state index contributed by atoms with van der Waals surface area (Å²) in [5, 5.41) is 7.00. The first kappa shape index (κ1) is 19.0. The molecule has 30 heavy (non-hydrogen) atoms. The Labute approximate surface area is 168 Å². The summed E-state index contributed by atoms with van der Waals surface area (Å²) in [6.07, 6.45) is 2.60. The van der Waals surface area contributed by atoms with E-state index in [1.165, 1.54) is 65.7 Å². The van der Waals surface area contributed by atoms with Crippen molar-refractivity contribution in [3.63, 3.8) is 0 Å². The van der Waals surface area contributed by atoms with Gasteiger partial charge in [-0.05, 0) is 48.5 Å². The fraction of sp³-hybridized carbons (Fsp3) is 0.0500. The highest BCUT2D eigenvalue weighted by molar-refractivity contribution is 5.94. The normalized spacial score (nSPS) is 10.8. The van der Waals surface area contributed by atoms with Crippen LogP contribution >= 0.6 is 0 Å². The number of nitrogens with zero attached hydrogens (tertiary/aromatic N) is 4. The zero-order valence-corrected chi connectivity index (χ0v) is 15.4. The zero-order valence-electron chi connectivity index (χ0n) is 15.4. The largest absolute Gasteiger partial charge is 0.366 e. The monoisotopic (exact) mass is 406 g/mol. The van der Waals surface area contributed by atoms with Gasteiger partial charge < -0.3 is 11.1 Å². The molecule has 10 heteroatoms. The molecule has 0 bridgehead atoms. The van der Waals surface area contributed by atoms with Crippen molar-refractivity contribution in [3.05, 3.63) is 82.8 Å². The van der Waals surface area contributed by atoms with Gasteiger partial charge in [0.2, 0.25) is 11.8 Å². The van der Waals surface area contributed by atoms with E-state index in [-0.39, 0.29) is 17.7 Å². The van der Waals surface area contributed by atoms with Crippen molar-refractivity contribution in [2.45, 2.75) is 6.54 Å². The predicted molar refractivity (Wildman–Crippen MR) is 107 cm³/mol. The summed E-state index contributed by atoms with van der Waals surface area (Å²) in [6.45, 7) is -0.263. The molecule has 2 aromatic carbocycles. The molecule has 2 amide bonds. The second-order valence-corrected chi connectivity index (χ2v) is 6.44. The standard InChI is InChI=1S/C20H15FN6O3/c21-13-3-7-15(8-4-13)27-19-16(9-24-27)20(30)26(11-23-19)10-17(28)25-14-5-1-12(2-6-14)18(22)29/h1-9,11H,10H2,(H2,22,29)(H,25,28). The van der Waals surface area contributed by atoms with Gasteiger partial charge in [-0.3, -0.25) is 19.0 Å².